The van der Waals surface area contributed by atoms with E-state index in [4.69, 9.17) is 0 Å². The first kappa shape index (κ1) is 13.5. The molecule has 20 heavy (non-hydrogen) atoms. The monoisotopic (exact) mass is 292 g/mol. The Bertz CT molecular complexity index is 549. The summed E-state index contributed by atoms with van der Waals surface area (Å²) in [5, 5.41) is 12.3. The number of aliphatic carboxylic acids is 1. The van der Waals surface area contributed by atoms with Crippen LogP contribution in [0.1, 0.15) is 11.5 Å². The molecule has 3 rings (SSSR count). The molecule has 2 aliphatic rings. The van der Waals surface area contributed by atoms with Crippen molar-refractivity contribution in [3.63, 3.8) is 0 Å². The van der Waals surface area contributed by atoms with E-state index in [2.05, 4.69) is 5.32 Å². The predicted molar refractivity (Wildman–Crippen MR) is 75.9 cm³/mol. The molecule has 5 nitrogen and oxygen atoms in total. The van der Waals surface area contributed by atoms with Gasteiger partial charge in [-0.05, 0) is 11.6 Å². The average Bonchev–Trinajstić information content (AvgIpc) is 2.90. The first-order valence-corrected chi connectivity index (χ1v) is 7.63. The van der Waals surface area contributed by atoms with E-state index in [0.29, 0.717) is 25.4 Å². The highest BCUT2D eigenvalue weighted by atomic mass is 32.2. The third-order valence-electron chi connectivity index (χ3n) is 3.81. The van der Waals surface area contributed by atoms with E-state index in [0.717, 1.165) is 10.5 Å². The van der Waals surface area contributed by atoms with E-state index in [1.165, 1.54) is 4.90 Å². The molecular weight excluding hydrogens is 276 g/mol. The van der Waals surface area contributed by atoms with Gasteiger partial charge < -0.3 is 15.3 Å². The maximum Gasteiger partial charge on any atom is 0.327 e. The Kier molecular flexibility index (Phi) is 3.67. The Morgan fingerprint density at radius 2 is 2.15 bits per heavy atom. The second-order valence-corrected chi connectivity index (χ2v) is 6.05. The van der Waals surface area contributed by atoms with Crippen molar-refractivity contribution in [3.8, 4) is 0 Å². The molecule has 2 heterocycles. The van der Waals surface area contributed by atoms with E-state index in [1.807, 2.05) is 24.3 Å². The lowest BCUT2D eigenvalue weighted by molar-refractivity contribution is -0.151. The number of nitrogens with one attached hydrogen (secondary N) is 1. The van der Waals surface area contributed by atoms with Crippen LogP contribution in [0.15, 0.2) is 29.2 Å². The summed E-state index contributed by atoms with van der Waals surface area (Å²) in [4.78, 5) is 26.6. The highest BCUT2D eigenvalue weighted by Gasteiger charge is 2.38. The molecule has 1 aromatic rings. The smallest absolute Gasteiger partial charge is 0.327 e. The summed E-state index contributed by atoms with van der Waals surface area (Å²) in [5.74, 6) is -0.508. The van der Waals surface area contributed by atoms with Crippen LogP contribution < -0.4 is 5.32 Å². The number of nitrogens with zero attached hydrogens (tertiary/aromatic N) is 1. The Hall–Kier alpha value is -1.53. The fraction of sp³-hybridized carbons (Fsp3) is 0.429. The minimum absolute atomic E-state index is 0.0589. The molecule has 1 saturated heterocycles. The van der Waals surface area contributed by atoms with Gasteiger partial charge in [0.2, 0.25) is 5.91 Å². The molecule has 2 atom stereocenters. The number of thioether (sulfide) groups is 1. The molecule has 0 saturated carbocycles. The minimum atomic E-state index is -0.940. The van der Waals surface area contributed by atoms with Crippen molar-refractivity contribution in [1.29, 1.82) is 0 Å². The van der Waals surface area contributed by atoms with Gasteiger partial charge >= 0.3 is 5.97 Å². The van der Waals surface area contributed by atoms with Crippen LogP contribution in [0, 0.1) is 0 Å². The number of rotatable bonds is 2. The summed E-state index contributed by atoms with van der Waals surface area (Å²) in [6.07, 6.45) is 0. The third-order valence-corrected chi connectivity index (χ3v) is 4.99. The molecule has 2 N–H and O–H groups in total. The molecule has 1 fully saturated rings. The number of fused-ring (bicyclic) bond motifs is 1. The van der Waals surface area contributed by atoms with Gasteiger partial charge in [0.25, 0.3) is 0 Å². The number of piperazine rings is 1. The fourth-order valence-corrected chi connectivity index (χ4v) is 3.98. The number of hydrogen-bond donors (Lipinski definition) is 2. The van der Waals surface area contributed by atoms with Crippen molar-refractivity contribution in [1.82, 2.24) is 10.2 Å². The van der Waals surface area contributed by atoms with Gasteiger partial charge in [-0.15, -0.1) is 11.8 Å². The van der Waals surface area contributed by atoms with Crippen molar-refractivity contribution < 1.29 is 14.7 Å². The van der Waals surface area contributed by atoms with Gasteiger partial charge in [-0.3, -0.25) is 4.79 Å². The van der Waals surface area contributed by atoms with Gasteiger partial charge in [-0.2, -0.15) is 0 Å². The lowest BCUT2D eigenvalue weighted by Crippen LogP contribution is -2.58. The van der Waals surface area contributed by atoms with Crippen LogP contribution in [0.4, 0.5) is 0 Å². The number of hydrogen-bond acceptors (Lipinski definition) is 4. The number of benzene rings is 1. The summed E-state index contributed by atoms with van der Waals surface area (Å²) >= 11 is 1.67. The lowest BCUT2D eigenvalue weighted by atomic mass is 9.98. The summed E-state index contributed by atoms with van der Waals surface area (Å²) in [7, 11) is 0. The average molecular weight is 292 g/mol. The number of amides is 1. The summed E-state index contributed by atoms with van der Waals surface area (Å²) in [6, 6.07) is 7.12. The van der Waals surface area contributed by atoms with Crippen LogP contribution in [0.3, 0.4) is 0 Å². The Morgan fingerprint density at radius 1 is 1.35 bits per heavy atom. The normalized spacial score (nSPS) is 25.3. The van der Waals surface area contributed by atoms with Crippen LogP contribution in [0.25, 0.3) is 0 Å². The zero-order chi connectivity index (χ0) is 14.1. The van der Waals surface area contributed by atoms with Gasteiger partial charge in [0, 0.05) is 30.3 Å². The second kappa shape index (κ2) is 5.46. The molecule has 6 heteroatoms. The van der Waals surface area contributed by atoms with Crippen LogP contribution in [0.5, 0.6) is 0 Å². The van der Waals surface area contributed by atoms with Crippen molar-refractivity contribution in [2.75, 3.05) is 25.4 Å². The Labute approximate surface area is 121 Å². The molecule has 0 aliphatic carbocycles. The van der Waals surface area contributed by atoms with Crippen molar-refractivity contribution in [2.45, 2.75) is 16.9 Å². The number of carbonyl (C=O) groups is 2. The standard InChI is InChI=1S/C14H16N2O3S/c17-13(16-6-5-15-7-11(16)14(18)19)10-8-20-12-4-2-1-3-9(10)12/h1-4,10-11,15H,5-8H2,(H,18,19). The van der Waals surface area contributed by atoms with Crippen LogP contribution in [0.2, 0.25) is 0 Å². The molecule has 0 radical (unpaired) electrons. The number of carboxylic acids is 1. The molecule has 1 aromatic carbocycles. The Morgan fingerprint density at radius 3 is 2.95 bits per heavy atom. The SMILES string of the molecule is O=C(O)C1CNCCN1C(=O)C1CSc2ccccc21. The van der Waals surface area contributed by atoms with E-state index in [-0.39, 0.29) is 11.8 Å². The zero-order valence-electron chi connectivity index (χ0n) is 10.9. The van der Waals surface area contributed by atoms with E-state index in [9.17, 15) is 14.7 Å². The first-order valence-electron chi connectivity index (χ1n) is 6.64. The molecule has 0 spiro atoms. The molecule has 106 valence electrons. The molecule has 2 aliphatic heterocycles. The minimum Gasteiger partial charge on any atom is -0.480 e. The Balaban J connectivity index is 1.84. The molecule has 0 bridgehead atoms. The van der Waals surface area contributed by atoms with Crippen LogP contribution in [-0.4, -0.2) is 53.3 Å². The summed E-state index contributed by atoms with van der Waals surface area (Å²) in [6.45, 7) is 1.43. The summed E-state index contributed by atoms with van der Waals surface area (Å²) < 4.78 is 0. The molecule has 2 unspecified atom stereocenters. The molecule has 0 aromatic heterocycles. The van der Waals surface area contributed by atoms with Gasteiger partial charge in [-0.1, -0.05) is 18.2 Å². The predicted octanol–water partition coefficient (Wildman–Crippen LogP) is 0.761. The number of carboxylic acid groups (broad SMARTS) is 1. The fourth-order valence-electron chi connectivity index (χ4n) is 2.76. The van der Waals surface area contributed by atoms with Gasteiger partial charge in [0.1, 0.15) is 6.04 Å². The maximum atomic E-state index is 12.7. The van der Waals surface area contributed by atoms with Crippen LogP contribution >= 0.6 is 11.8 Å². The van der Waals surface area contributed by atoms with Crippen LogP contribution in [-0.2, 0) is 9.59 Å². The maximum absolute atomic E-state index is 12.7. The largest absolute Gasteiger partial charge is 0.480 e. The second-order valence-electron chi connectivity index (χ2n) is 4.99. The molecular formula is C14H16N2O3S. The quantitative estimate of drug-likeness (QED) is 0.842. The van der Waals surface area contributed by atoms with E-state index >= 15 is 0 Å². The highest BCUT2D eigenvalue weighted by Crippen LogP contribution is 2.40. The summed E-state index contributed by atoms with van der Waals surface area (Å²) in [5.41, 5.74) is 1.03. The first-order chi connectivity index (χ1) is 9.68. The van der Waals surface area contributed by atoms with Gasteiger partial charge in [0.05, 0.1) is 5.92 Å². The van der Waals surface area contributed by atoms with Gasteiger partial charge in [-0.25, -0.2) is 4.79 Å². The van der Waals surface area contributed by atoms with E-state index in [1.54, 1.807) is 11.8 Å². The topological polar surface area (TPSA) is 69.6 Å². The zero-order valence-corrected chi connectivity index (χ0v) is 11.7. The van der Waals surface area contributed by atoms with E-state index < -0.39 is 12.0 Å². The van der Waals surface area contributed by atoms with Crippen molar-refractivity contribution in [2.24, 2.45) is 0 Å². The highest BCUT2D eigenvalue weighted by molar-refractivity contribution is 7.99. The third kappa shape index (κ3) is 2.29. The molecule has 1 amide bonds. The van der Waals surface area contributed by atoms with Gasteiger partial charge in [0.15, 0.2) is 0 Å². The lowest BCUT2D eigenvalue weighted by Gasteiger charge is -2.35. The van der Waals surface area contributed by atoms with Crippen molar-refractivity contribution in [3.05, 3.63) is 29.8 Å². The number of carbonyl (C=O) groups excluding carboxylic acids is 1. The van der Waals surface area contributed by atoms with Crippen molar-refractivity contribution >= 4 is 23.6 Å².